The van der Waals surface area contributed by atoms with Crippen LogP contribution < -0.4 is 0 Å². The lowest BCUT2D eigenvalue weighted by Gasteiger charge is -2.05. The van der Waals surface area contributed by atoms with E-state index in [0.29, 0.717) is 11.1 Å². The van der Waals surface area contributed by atoms with Gasteiger partial charge >= 0.3 is 5.97 Å². The van der Waals surface area contributed by atoms with Crippen LogP contribution in [-0.2, 0) is 9.57 Å². The second kappa shape index (κ2) is 7.17. The van der Waals surface area contributed by atoms with E-state index in [9.17, 15) is 14.9 Å². The maximum Gasteiger partial charge on any atom is 0.337 e. The molecule has 2 rings (SSSR count). The molecule has 0 saturated heterocycles. The van der Waals surface area contributed by atoms with Crippen LogP contribution in [0, 0.1) is 10.1 Å². The Morgan fingerprint density at radius 2 is 1.78 bits per heavy atom. The Hall–Kier alpha value is -3.22. The fraction of sp³-hybridized carbons (Fsp3) is 0.125. The number of hydrogen-bond donors (Lipinski definition) is 0. The summed E-state index contributed by atoms with van der Waals surface area (Å²) in [5.41, 5.74) is 2.25. The Labute approximate surface area is 132 Å². The zero-order chi connectivity index (χ0) is 16.8. The van der Waals surface area contributed by atoms with Crippen molar-refractivity contribution in [2.75, 3.05) is 14.2 Å². The highest BCUT2D eigenvalue weighted by molar-refractivity contribution is 5.90. The van der Waals surface area contributed by atoms with E-state index in [0.717, 1.165) is 11.1 Å². The summed E-state index contributed by atoms with van der Waals surface area (Å²) in [5.74, 6) is -0.423. The number of oxime groups is 1. The minimum atomic E-state index is -0.485. The average Bonchev–Trinajstić information content (AvgIpc) is 2.59. The molecule has 0 fully saturated rings. The summed E-state index contributed by atoms with van der Waals surface area (Å²) in [4.78, 5) is 26.6. The predicted molar refractivity (Wildman–Crippen MR) is 84.5 cm³/mol. The van der Waals surface area contributed by atoms with Crippen LogP contribution in [0.2, 0.25) is 0 Å². The first-order valence-corrected chi connectivity index (χ1v) is 6.60. The van der Waals surface area contributed by atoms with Gasteiger partial charge in [0.15, 0.2) is 0 Å². The lowest BCUT2D eigenvalue weighted by molar-refractivity contribution is -0.385. The molecule has 0 amide bonds. The maximum absolute atomic E-state index is 11.4. The summed E-state index contributed by atoms with van der Waals surface area (Å²) in [5, 5.41) is 14.6. The third-order valence-electron chi connectivity index (χ3n) is 3.16. The summed E-state index contributed by atoms with van der Waals surface area (Å²) in [6.45, 7) is 0. The molecular weight excluding hydrogens is 300 g/mol. The van der Waals surface area contributed by atoms with Crippen LogP contribution in [0.25, 0.3) is 11.1 Å². The van der Waals surface area contributed by atoms with Crippen LogP contribution in [0.15, 0.2) is 47.6 Å². The average molecular weight is 314 g/mol. The number of rotatable bonds is 5. The fourth-order valence-corrected chi connectivity index (χ4v) is 2.03. The standard InChI is InChI=1S/C16H14N2O5/c1-22-16(19)12-5-3-11(4-6-12)13-7-8-15(18(20)21)14(9-13)10-17-23-2/h3-10H,1-2H3/b17-10+. The van der Waals surface area contributed by atoms with E-state index >= 15 is 0 Å². The number of hydrogen-bond acceptors (Lipinski definition) is 6. The molecule has 0 unspecified atom stereocenters. The van der Waals surface area contributed by atoms with E-state index in [4.69, 9.17) is 0 Å². The first kappa shape index (κ1) is 16.2. The maximum atomic E-state index is 11.4. The lowest BCUT2D eigenvalue weighted by Crippen LogP contribution is -2.00. The van der Waals surface area contributed by atoms with Crippen LogP contribution in [0.1, 0.15) is 15.9 Å². The largest absolute Gasteiger partial charge is 0.465 e. The third-order valence-corrected chi connectivity index (χ3v) is 3.16. The van der Waals surface area contributed by atoms with E-state index in [1.807, 2.05) is 0 Å². The van der Waals surface area contributed by atoms with Gasteiger partial charge in [-0.2, -0.15) is 0 Å². The molecule has 0 spiro atoms. The van der Waals surface area contributed by atoms with Crippen molar-refractivity contribution in [3.63, 3.8) is 0 Å². The molecule has 7 nitrogen and oxygen atoms in total. The van der Waals surface area contributed by atoms with Crippen LogP contribution in [0.3, 0.4) is 0 Å². The summed E-state index contributed by atoms with van der Waals surface area (Å²) in [6, 6.07) is 11.4. The van der Waals surface area contributed by atoms with E-state index in [1.165, 1.54) is 26.5 Å². The number of benzene rings is 2. The van der Waals surface area contributed by atoms with Crippen molar-refractivity contribution >= 4 is 17.9 Å². The number of carbonyl (C=O) groups excluding carboxylic acids is 1. The van der Waals surface area contributed by atoms with E-state index in [1.54, 1.807) is 36.4 Å². The van der Waals surface area contributed by atoms with Crippen LogP contribution in [0.5, 0.6) is 0 Å². The van der Waals surface area contributed by atoms with E-state index in [2.05, 4.69) is 14.7 Å². The van der Waals surface area contributed by atoms with Crippen LogP contribution in [-0.4, -0.2) is 31.3 Å². The normalized spacial score (nSPS) is 10.5. The van der Waals surface area contributed by atoms with Crippen molar-refractivity contribution < 1.29 is 19.3 Å². The first-order valence-electron chi connectivity index (χ1n) is 6.60. The van der Waals surface area contributed by atoms with Crippen molar-refractivity contribution in [3.8, 4) is 11.1 Å². The fourth-order valence-electron chi connectivity index (χ4n) is 2.03. The molecule has 0 radical (unpaired) electrons. The second-order valence-electron chi connectivity index (χ2n) is 4.52. The molecule has 118 valence electrons. The molecule has 0 bridgehead atoms. The highest BCUT2D eigenvalue weighted by Gasteiger charge is 2.14. The summed E-state index contributed by atoms with van der Waals surface area (Å²) >= 11 is 0. The molecule has 0 aromatic heterocycles. The van der Waals surface area contributed by atoms with Crippen LogP contribution >= 0.6 is 0 Å². The van der Waals surface area contributed by atoms with Crippen molar-refractivity contribution in [3.05, 3.63) is 63.7 Å². The molecule has 2 aromatic rings. The van der Waals surface area contributed by atoms with Crippen molar-refractivity contribution in [1.82, 2.24) is 0 Å². The number of ether oxygens (including phenoxy) is 1. The highest BCUT2D eigenvalue weighted by atomic mass is 16.6. The number of esters is 1. The third kappa shape index (κ3) is 3.70. The molecule has 0 aliphatic heterocycles. The zero-order valence-corrected chi connectivity index (χ0v) is 12.6. The Bertz CT molecular complexity index is 754. The zero-order valence-electron chi connectivity index (χ0n) is 12.6. The smallest absolute Gasteiger partial charge is 0.337 e. The minimum Gasteiger partial charge on any atom is -0.465 e. The monoisotopic (exact) mass is 314 g/mol. The van der Waals surface area contributed by atoms with Gasteiger partial charge in [-0.1, -0.05) is 17.3 Å². The van der Waals surface area contributed by atoms with E-state index < -0.39 is 10.9 Å². The van der Waals surface area contributed by atoms with Gasteiger partial charge in [0.05, 0.1) is 29.4 Å². The molecule has 7 heteroatoms. The molecule has 0 heterocycles. The second-order valence-corrected chi connectivity index (χ2v) is 4.52. The quantitative estimate of drug-likeness (QED) is 0.366. The van der Waals surface area contributed by atoms with Gasteiger partial charge in [-0.25, -0.2) is 4.79 Å². The first-order chi connectivity index (χ1) is 11.1. The number of nitro benzene ring substituents is 1. The van der Waals surface area contributed by atoms with Crippen molar-refractivity contribution in [2.45, 2.75) is 0 Å². The van der Waals surface area contributed by atoms with Gasteiger partial charge in [-0.15, -0.1) is 0 Å². The van der Waals surface area contributed by atoms with Crippen molar-refractivity contribution in [2.24, 2.45) is 5.16 Å². The number of nitro groups is 1. The van der Waals surface area contributed by atoms with Gasteiger partial charge < -0.3 is 9.57 Å². The summed E-state index contributed by atoms with van der Waals surface area (Å²) in [7, 11) is 2.67. The van der Waals surface area contributed by atoms with Gasteiger partial charge in [0.2, 0.25) is 0 Å². The topological polar surface area (TPSA) is 91.0 Å². The highest BCUT2D eigenvalue weighted by Crippen LogP contribution is 2.26. The van der Waals surface area contributed by atoms with Crippen LogP contribution in [0.4, 0.5) is 5.69 Å². The molecule has 0 aliphatic carbocycles. The Kier molecular flexibility index (Phi) is 5.03. The minimum absolute atomic E-state index is 0.0688. The molecule has 2 aromatic carbocycles. The van der Waals surface area contributed by atoms with Gasteiger partial charge in [0, 0.05) is 6.07 Å². The predicted octanol–water partition coefficient (Wildman–Crippen LogP) is 3.03. The van der Waals surface area contributed by atoms with E-state index in [-0.39, 0.29) is 5.69 Å². The molecule has 0 saturated carbocycles. The van der Waals surface area contributed by atoms with Gasteiger partial charge in [-0.3, -0.25) is 10.1 Å². The number of nitrogens with zero attached hydrogens (tertiary/aromatic N) is 2. The Balaban J connectivity index is 2.41. The van der Waals surface area contributed by atoms with Gasteiger partial charge in [0.1, 0.15) is 7.11 Å². The lowest BCUT2D eigenvalue weighted by atomic mass is 10.0. The van der Waals surface area contributed by atoms with Gasteiger partial charge in [-0.05, 0) is 35.4 Å². The summed E-state index contributed by atoms with van der Waals surface area (Å²) in [6.07, 6.45) is 1.28. The van der Waals surface area contributed by atoms with Crippen molar-refractivity contribution in [1.29, 1.82) is 0 Å². The number of methoxy groups -OCH3 is 1. The molecule has 0 atom stereocenters. The SMILES string of the molecule is CO/N=C/c1cc(-c2ccc(C(=O)OC)cc2)ccc1[N+](=O)[O-]. The molecular formula is C16H14N2O5. The number of carbonyl (C=O) groups is 1. The summed E-state index contributed by atoms with van der Waals surface area (Å²) < 4.78 is 4.64. The molecule has 0 N–H and O–H groups in total. The van der Waals surface area contributed by atoms with Gasteiger partial charge in [0.25, 0.3) is 5.69 Å². The Morgan fingerprint density at radius 1 is 1.13 bits per heavy atom. The molecule has 0 aliphatic rings. The molecule has 23 heavy (non-hydrogen) atoms. The Morgan fingerprint density at radius 3 is 2.35 bits per heavy atom.